The first kappa shape index (κ1) is 22.5. The zero-order valence-corrected chi connectivity index (χ0v) is 18.8. The van der Waals surface area contributed by atoms with E-state index in [0.717, 1.165) is 31.2 Å². The van der Waals surface area contributed by atoms with Gasteiger partial charge in [-0.3, -0.25) is 4.79 Å². The minimum Gasteiger partial charge on any atom is -0.451 e. The van der Waals surface area contributed by atoms with Crippen LogP contribution in [0.3, 0.4) is 0 Å². The van der Waals surface area contributed by atoms with Gasteiger partial charge in [0.2, 0.25) is 10.0 Å². The minimum absolute atomic E-state index is 0.188. The lowest BCUT2D eigenvalue weighted by atomic mass is 10.2. The topological polar surface area (TPSA) is 92.8 Å². The lowest BCUT2D eigenvalue weighted by molar-refractivity contribution is -0.119. The van der Waals surface area contributed by atoms with Crippen LogP contribution in [0.5, 0.6) is 0 Å². The number of rotatable bonds is 6. The summed E-state index contributed by atoms with van der Waals surface area (Å²) >= 11 is 1.26. The maximum Gasteiger partial charge on any atom is 0.349 e. The lowest BCUT2D eigenvalue weighted by Crippen LogP contribution is -2.32. The Labute approximate surface area is 181 Å². The first-order chi connectivity index (χ1) is 14.3. The second kappa shape index (κ2) is 9.72. The highest BCUT2D eigenvalue weighted by Crippen LogP contribution is 2.26. The van der Waals surface area contributed by atoms with E-state index < -0.39 is 28.5 Å². The Morgan fingerprint density at radius 2 is 1.77 bits per heavy atom. The molecule has 0 atom stereocenters. The van der Waals surface area contributed by atoms with Crippen molar-refractivity contribution in [2.24, 2.45) is 0 Å². The van der Waals surface area contributed by atoms with Crippen LogP contribution in [0.25, 0.3) is 0 Å². The van der Waals surface area contributed by atoms with Crippen molar-refractivity contribution in [2.45, 2.75) is 44.4 Å². The number of nitrogens with one attached hydrogen (secondary N) is 1. The van der Waals surface area contributed by atoms with Crippen LogP contribution in [0.15, 0.2) is 34.5 Å². The van der Waals surface area contributed by atoms with Crippen LogP contribution in [0.1, 0.15) is 46.5 Å². The first-order valence-corrected chi connectivity index (χ1v) is 12.2. The van der Waals surface area contributed by atoms with Gasteiger partial charge in [-0.1, -0.05) is 18.9 Å². The highest BCUT2D eigenvalue weighted by molar-refractivity contribution is 7.89. The van der Waals surface area contributed by atoms with Gasteiger partial charge in [-0.05, 0) is 61.4 Å². The number of aryl methyl sites for hydroxylation is 2. The zero-order chi connectivity index (χ0) is 21.7. The van der Waals surface area contributed by atoms with E-state index in [9.17, 15) is 18.0 Å². The number of amides is 1. The molecule has 0 spiro atoms. The number of hydrogen-bond acceptors (Lipinski definition) is 6. The summed E-state index contributed by atoms with van der Waals surface area (Å²) in [5.41, 5.74) is 1.77. The average Bonchev–Trinajstić information content (AvgIpc) is 2.96. The van der Waals surface area contributed by atoms with Gasteiger partial charge in [0.25, 0.3) is 5.91 Å². The van der Waals surface area contributed by atoms with Gasteiger partial charge in [-0.25, -0.2) is 13.2 Å². The summed E-state index contributed by atoms with van der Waals surface area (Å²) in [6.45, 7) is 4.11. The fraction of sp³-hybridized carbons (Fsp3) is 0.429. The summed E-state index contributed by atoms with van der Waals surface area (Å²) in [6, 6.07) is 6.58. The Morgan fingerprint density at radius 3 is 2.40 bits per heavy atom. The number of carbonyl (C=O) groups is 2. The molecule has 162 valence electrons. The van der Waals surface area contributed by atoms with Gasteiger partial charge in [-0.15, -0.1) is 11.3 Å². The van der Waals surface area contributed by atoms with Gasteiger partial charge in [0.05, 0.1) is 4.90 Å². The first-order valence-electron chi connectivity index (χ1n) is 9.91. The molecule has 1 aliphatic rings. The summed E-state index contributed by atoms with van der Waals surface area (Å²) in [7, 11) is -3.64. The number of hydrogen-bond donors (Lipinski definition) is 1. The fourth-order valence-electron chi connectivity index (χ4n) is 3.35. The SMILES string of the molecule is Cc1ccc(NC(=O)COC(=O)c2sccc2C)cc1S(=O)(=O)N1CCCCCC1. The van der Waals surface area contributed by atoms with Crippen LogP contribution in [0, 0.1) is 13.8 Å². The average molecular weight is 451 g/mol. The van der Waals surface area contributed by atoms with E-state index in [1.165, 1.54) is 21.7 Å². The van der Waals surface area contributed by atoms with Crippen LogP contribution >= 0.6 is 11.3 Å². The van der Waals surface area contributed by atoms with Gasteiger partial charge < -0.3 is 10.1 Å². The number of nitrogens with zero attached hydrogens (tertiary/aromatic N) is 1. The molecule has 2 aromatic rings. The van der Waals surface area contributed by atoms with Crippen LogP contribution in [0.4, 0.5) is 5.69 Å². The van der Waals surface area contributed by atoms with Crippen LogP contribution in [-0.4, -0.2) is 44.3 Å². The van der Waals surface area contributed by atoms with Crippen LogP contribution in [0.2, 0.25) is 0 Å². The molecule has 7 nitrogen and oxygen atoms in total. The van der Waals surface area contributed by atoms with Crippen molar-refractivity contribution in [1.82, 2.24) is 4.31 Å². The van der Waals surface area contributed by atoms with Crippen LogP contribution in [-0.2, 0) is 19.6 Å². The molecule has 1 aliphatic heterocycles. The van der Waals surface area contributed by atoms with Crippen molar-refractivity contribution in [3.8, 4) is 0 Å². The summed E-state index contributed by atoms with van der Waals surface area (Å²) in [5.74, 6) is -1.08. The van der Waals surface area contributed by atoms with Gasteiger partial charge in [-0.2, -0.15) is 4.31 Å². The van der Waals surface area contributed by atoms with Crippen molar-refractivity contribution in [1.29, 1.82) is 0 Å². The third-order valence-electron chi connectivity index (χ3n) is 5.04. The molecule has 0 aliphatic carbocycles. The van der Waals surface area contributed by atoms with Crippen molar-refractivity contribution < 1.29 is 22.7 Å². The molecular formula is C21H26N2O5S2. The second-order valence-electron chi connectivity index (χ2n) is 7.36. The Kier molecular flexibility index (Phi) is 7.27. The molecule has 2 heterocycles. The number of sulfonamides is 1. The number of benzene rings is 1. The Morgan fingerprint density at radius 1 is 1.07 bits per heavy atom. The molecule has 1 amide bonds. The molecule has 1 saturated heterocycles. The number of carbonyl (C=O) groups excluding carboxylic acids is 2. The quantitative estimate of drug-likeness (QED) is 0.677. The molecule has 3 rings (SSSR count). The Hall–Kier alpha value is -2.23. The highest BCUT2D eigenvalue weighted by atomic mass is 32.2. The molecule has 1 fully saturated rings. The number of esters is 1. The molecule has 9 heteroatoms. The van der Waals surface area contributed by atoms with E-state index in [-0.39, 0.29) is 4.90 Å². The molecule has 0 unspecified atom stereocenters. The van der Waals surface area contributed by atoms with E-state index in [1.54, 1.807) is 37.4 Å². The van der Waals surface area contributed by atoms with Gasteiger partial charge in [0, 0.05) is 18.8 Å². The Balaban J connectivity index is 1.68. The molecule has 0 radical (unpaired) electrons. The number of anilines is 1. The molecule has 1 N–H and O–H groups in total. The maximum absolute atomic E-state index is 13.1. The predicted octanol–water partition coefficient (Wildman–Crippen LogP) is 3.73. The summed E-state index contributed by atoms with van der Waals surface area (Å²) in [5, 5.41) is 4.40. The third kappa shape index (κ3) is 5.27. The molecule has 0 saturated carbocycles. The van der Waals surface area contributed by atoms with E-state index in [4.69, 9.17) is 4.74 Å². The molecule has 1 aromatic carbocycles. The van der Waals surface area contributed by atoms with E-state index in [0.29, 0.717) is 29.2 Å². The summed E-state index contributed by atoms with van der Waals surface area (Å²) in [4.78, 5) is 24.9. The smallest absolute Gasteiger partial charge is 0.349 e. The summed E-state index contributed by atoms with van der Waals surface area (Å²) in [6.07, 6.45) is 3.77. The minimum atomic E-state index is -3.64. The van der Waals surface area contributed by atoms with Crippen molar-refractivity contribution in [3.05, 3.63) is 45.6 Å². The molecule has 1 aromatic heterocycles. The second-order valence-corrected chi connectivity index (χ2v) is 10.2. The Bertz CT molecular complexity index is 1020. The normalized spacial score (nSPS) is 15.4. The van der Waals surface area contributed by atoms with E-state index in [2.05, 4.69) is 5.32 Å². The van der Waals surface area contributed by atoms with Crippen LogP contribution < -0.4 is 5.32 Å². The monoisotopic (exact) mass is 450 g/mol. The largest absolute Gasteiger partial charge is 0.451 e. The summed E-state index contributed by atoms with van der Waals surface area (Å²) < 4.78 is 32.8. The van der Waals surface area contributed by atoms with Crippen molar-refractivity contribution in [3.63, 3.8) is 0 Å². The van der Waals surface area contributed by atoms with E-state index >= 15 is 0 Å². The zero-order valence-electron chi connectivity index (χ0n) is 17.1. The van der Waals surface area contributed by atoms with Gasteiger partial charge in [0.1, 0.15) is 4.88 Å². The molecule has 30 heavy (non-hydrogen) atoms. The number of ether oxygens (including phenoxy) is 1. The molecular weight excluding hydrogens is 424 g/mol. The lowest BCUT2D eigenvalue weighted by Gasteiger charge is -2.21. The predicted molar refractivity (Wildman–Crippen MR) is 116 cm³/mol. The van der Waals surface area contributed by atoms with E-state index in [1.807, 2.05) is 0 Å². The molecule has 0 bridgehead atoms. The third-order valence-corrected chi connectivity index (χ3v) is 8.07. The van der Waals surface area contributed by atoms with Gasteiger partial charge in [0.15, 0.2) is 6.61 Å². The highest BCUT2D eigenvalue weighted by Gasteiger charge is 2.27. The standard InChI is InChI=1S/C21H26N2O5S2/c1-15-7-8-17(13-18(15)30(26,27)23-10-5-3-4-6-11-23)22-19(24)14-28-21(25)20-16(2)9-12-29-20/h7-9,12-13H,3-6,10-11,14H2,1-2H3,(H,22,24). The number of thiophene rings is 1. The van der Waals surface area contributed by atoms with Gasteiger partial charge >= 0.3 is 5.97 Å². The van der Waals surface area contributed by atoms with Crippen molar-refractivity contribution in [2.75, 3.05) is 25.0 Å². The van der Waals surface area contributed by atoms with Crippen molar-refractivity contribution >= 4 is 38.9 Å². The fourth-order valence-corrected chi connectivity index (χ4v) is 5.94. The maximum atomic E-state index is 13.1.